The number of benzene rings is 2. The Morgan fingerprint density at radius 1 is 1.08 bits per heavy atom. The highest BCUT2D eigenvalue weighted by Gasteiger charge is 2.19. The first kappa shape index (κ1) is 18.3. The van der Waals surface area contributed by atoms with E-state index in [0.717, 1.165) is 5.56 Å². The normalized spacial score (nSPS) is 12.8. The molecule has 25 heavy (non-hydrogen) atoms. The van der Waals surface area contributed by atoms with E-state index in [1.807, 2.05) is 30.3 Å². The average molecular weight is 341 g/mol. The lowest BCUT2D eigenvalue weighted by atomic mass is 10.0. The molecule has 2 aromatic rings. The fourth-order valence-corrected chi connectivity index (χ4v) is 2.39. The van der Waals surface area contributed by atoms with E-state index in [0.29, 0.717) is 18.3 Å². The summed E-state index contributed by atoms with van der Waals surface area (Å²) in [5.41, 5.74) is 7.50. The molecule has 7 nitrogen and oxygen atoms in total. The van der Waals surface area contributed by atoms with Gasteiger partial charge in [-0.15, -0.1) is 0 Å². The first-order chi connectivity index (χ1) is 12.0. The van der Waals surface area contributed by atoms with Crippen LogP contribution in [0.25, 0.3) is 0 Å². The molecule has 0 fully saturated rings. The van der Waals surface area contributed by atoms with Crippen molar-refractivity contribution >= 4 is 17.9 Å². The fraction of sp³-hybridized carbons (Fsp3) is 0.222. The summed E-state index contributed by atoms with van der Waals surface area (Å²) in [5.74, 6) is -0.439. The molecule has 1 amide bonds. The van der Waals surface area contributed by atoms with Crippen LogP contribution >= 0.6 is 0 Å². The zero-order valence-electron chi connectivity index (χ0n) is 13.5. The van der Waals surface area contributed by atoms with Crippen LogP contribution in [0.3, 0.4) is 0 Å². The molecule has 130 valence electrons. The molecule has 3 N–H and O–H groups in total. The van der Waals surface area contributed by atoms with Gasteiger partial charge in [0.25, 0.3) is 5.69 Å². The number of nitrogens with one attached hydrogen (secondary N) is 1. The Bertz CT molecular complexity index is 732. The fourth-order valence-electron chi connectivity index (χ4n) is 2.39. The van der Waals surface area contributed by atoms with Crippen LogP contribution in [0.5, 0.6) is 0 Å². The van der Waals surface area contributed by atoms with Crippen LogP contribution in [0.4, 0.5) is 5.69 Å². The number of nitro groups is 1. The van der Waals surface area contributed by atoms with Crippen molar-refractivity contribution in [2.75, 3.05) is 0 Å². The smallest absolute Gasteiger partial charge is 0.269 e. The minimum atomic E-state index is -0.848. The average Bonchev–Trinajstić information content (AvgIpc) is 2.62. The number of carbonyl (C=O) groups is 2. The number of carbonyl (C=O) groups excluding carboxylic acids is 2. The minimum Gasteiger partial charge on any atom is -0.345 e. The Balaban J connectivity index is 1.92. The number of amides is 1. The van der Waals surface area contributed by atoms with Gasteiger partial charge in [0.05, 0.1) is 17.0 Å². The topological polar surface area (TPSA) is 115 Å². The number of rotatable bonds is 8. The lowest BCUT2D eigenvalue weighted by Gasteiger charge is -2.17. The molecule has 0 bridgehead atoms. The molecule has 7 heteroatoms. The van der Waals surface area contributed by atoms with Gasteiger partial charge in [-0.2, -0.15) is 0 Å². The number of nitrogens with two attached hydrogens (primary N) is 1. The predicted molar refractivity (Wildman–Crippen MR) is 92.9 cm³/mol. The third kappa shape index (κ3) is 5.50. The van der Waals surface area contributed by atoms with Crippen molar-refractivity contribution in [2.45, 2.75) is 24.9 Å². The van der Waals surface area contributed by atoms with Gasteiger partial charge in [0.1, 0.15) is 6.29 Å². The molecule has 0 aromatic heterocycles. The summed E-state index contributed by atoms with van der Waals surface area (Å²) in [6.07, 6.45) is 1.30. The second-order valence-electron chi connectivity index (χ2n) is 5.68. The summed E-state index contributed by atoms with van der Waals surface area (Å²) in [7, 11) is 0. The first-order valence-corrected chi connectivity index (χ1v) is 7.78. The molecule has 0 spiro atoms. The van der Waals surface area contributed by atoms with Crippen molar-refractivity contribution in [3.05, 3.63) is 75.8 Å². The third-order valence-corrected chi connectivity index (χ3v) is 3.73. The molecule has 0 saturated carbocycles. The van der Waals surface area contributed by atoms with Crippen LogP contribution in [0.2, 0.25) is 0 Å². The zero-order chi connectivity index (χ0) is 18.2. The monoisotopic (exact) mass is 341 g/mol. The van der Waals surface area contributed by atoms with Crippen LogP contribution in [0.1, 0.15) is 11.1 Å². The van der Waals surface area contributed by atoms with Crippen molar-refractivity contribution in [2.24, 2.45) is 5.73 Å². The van der Waals surface area contributed by atoms with Gasteiger partial charge in [-0.3, -0.25) is 14.9 Å². The quantitative estimate of drug-likeness (QED) is 0.428. The van der Waals surface area contributed by atoms with E-state index in [-0.39, 0.29) is 12.1 Å². The molecule has 2 aromatic carbocycles. The van der Waals surface area contributed by atoms with Crippen LogP contribution in [-0.2, 0) is 22.4 Å². The van der Waals surface area contributed by atoms with E-state index >= 15 is 0 Å². The second-order valence-corrected chi connectivity index (χ2v) is 5.68. The summed E-state index contributed by atoms with van der Waals surface area (Å²) in [5, 5.41) is 13.3. The van der Waals surface area contributed by atoms with Gasteiger partial charge < -0.3 is 15.8 Å². The molecular formula is C18H19N3O4. The van der Waals surface area contributed by atoms with Gasteiger partial charge in [0.2, 0.25) is 5.91 Å². The molecule has 0 radical (unpaired) electrons. The summed E-state index contributed by atoms with van der Waals surface area (Å²) >= 11 is 0. The Morgan fingerprint density at radius 2 is 1.68 bits per heavy atom. The molecule has 0 aliphatic carbocycles. The van der Waals surface area contributed by atoms with Crippen molar-refractivity contribution in [1.29, 1.82) is 0 Å². The Hall–Kier alpha value is -3.06. The highest BCUT2D eigenvalue weighted by Crippen LogP contribution is 2.13. The molecule has 2 rings (SSSR count). The van der Waals surface area contributed by atoms with Gasteiger partial charge >= 0.3 is 0 Å². The van der Waals surface area contributed by atoms with Crippen molar-refractivity contribution in [1.82, 2.24) is 5.32 Å². The van der Waals surface area contributed by atoms with Crippen LogP contribution < -0.4 is 11.1 Å². The maximum atomic E-state index is 12.2. The first-order valence-electron chi connectivity index (χ1n) is 7.78. The number of nitrogens with zero attached hydrogens (tertiary/aromatic N) is 1. The number of hydrogen-bond donors (Lipinski definition) is 2. The molecule has 0 aliphatic rings. The predicted octanol–water partition coefficient (Wildman–Crippen LogP) is 1.39. The largest absolute Gasteiger partial charge is 0.345 e. The summed E-state index contributed by atoms with van der Waals surface area (Å²) < 4.78 is 0. The van der Waals surface area contributed by atoms with Crippen molar-refractivity contribution in [3.63, 3.8) is 0 Å². The number of non-ortho nitro benzene ring substituents is 1. The zero-order valence-corrected chi connectivity index (χ0v) is 13.5. The van der Waals surface area contributed by atoms with E-state index in [2.05, 4.69) is 5.32 Å². The van der Waals surface area contributed by atoms with Crippen LogP contribution in [0.15, 0.2) is 54.6 Å². The summed E-state index contributed by atoms with van der Waals surface area (Å²) in [6.45, 7) is 0. The molecule has 0 unspecified atom stereocenters. The van der Waals surface area contributed by atoms with E-state index in [4.69, 9.17) is 5.73 Å². The number of aldehydes is 1. The Morgan fingerprint density at radius 3 is 2.24 bits per heavy atom. The van der Waals surface area contributed by atoms with E-state index < -0.39 is 22.9 Å². The summed E-state index contributed by atoms with van der Waals surface area (Å²) in [6, 6.07) is 13.7. The molecular weight excluding hydrogens is 322 g/mol. The molecule has 0 heterocycles. The highest BCUT2D eigenvalue weighted by molar-refractivity contribution is 5.84. The second kappa shape index (κ2) is 8.70. The van der Waals surface area contributed by atoms with Gasteiger partial charge in [-0.1, -0.05) is 42.5 Å². The minimum absolute atomic E-state index is 0.0225. The lowest BCUT2D eigenvalue weighted by molar-refractivity contribution is -0.384. The summed E-state index contributed by atoms with van der Waals surface area (Å²) in [4.78, 5) is 33.5. The molecule has 2 atom stereocenters. The molecule has 0 saturated heterocycles. The van der Waals surface area contributed by atoms with E-state index in [9.17, 15) is 19.7 Å². The van der Waals surface area contributed by atoms with Gasteiger partial charge in [0.15, 0.2) is 0 Å². The number of nitro benzene ring substituents is 1. The van der Waals surface area contributed by atoms with Crippen LogP contribution in [0, 0.1) is 10.1 Å². The highest BCUT2D eigenvalue weighted by atomic mass is 16.6. The van der Waals surface area contributed by atoms with Gasteiger partial charge in [-0.05, 0) is 24.0 Å². The third-order valence-electron chi connectivity index (χ3n) is 3.73. The lowest BCUT2D eigenvalue weighted by Crippen LogP contribution is -2.47. The van der Waals surface area contributed by atoms with Crippen LogP contribution in [-0.4, -0.2) is 29.2 Å². The SMILES string of the molecule is N[C@@H](Cc1ccc([N+](=O)[O-])cc1)C(=O)N[C@H](C=O)Cc1ccccc1. The van der Waals surface area contributed by atoms with Gasteiger partial charge in [0, 0.05) is 12.1 Å². The number of hydrogen-bond acceptors (Lipinski definition) is 5. The Kier molecular flexibility index (Phi) is 6.36. The maximum absolute atomic E-state index is 12.2. The Labute approximate surface area is 145 Å². The van der Waals surface area contributed by atoms with Crippen molar-refractivity contribution < 1.29 is 14.5 Å². The maximum Gasteiger partial charge on any atom is 0.269 e. The standard InChI is InChI=1S/C18H19N3O4/c19-17(11-14-6-8-16(9-7-14)21(24)25)18(23)20-15(12-22)10-13-4-2-1-3-5-13/h1-9,12,15,17H,10-11,19H2,(H,20,23)/t15-,17-/m0/s1. The van der Waals surface area contributed by atoms with E-state index in [1.165, 1.54) is 12.1 Å². The molecule has 0 aliphatic heterocycles. The van der Waals surface area contributed by atoms with E-state index in [1.54, 1.807) is 12.1 Å². The van der Waals surface area contributed by atoms with Crippen molar-refractivity contribution in [3.8, 4) is 0 Å². The van der Waals surface area contributed by atoms with Gasteiger partial charge in [-0.25, -0.2) is 0 Å².